The summed E-state index contributed by atoms with van der Waals surface area (Å²) >= 11 is 0. The third-order valence-electron chi connectivity index (χ3n) is 6.04. The number of aromatic nitrogens is 3. The highest BCUT2D eigenvalue weighted by Crippen LogP contribution is 2.25. The van der Waals surface area contributed by atoms with Gasteiger partial charge in [0.05, 0.1) is 11.8 Å². The Kier molecular flexibility index (Phi) is 7.47. The van der Waals surface area contributed by atoms with Crippen molar-refractivity contribution in [2.45, 2.75) is 18.9 Å². The molecule has 0 radical (unpaired) electrons. The highest BCUT2D eigenvalue weighted by molar-refractivity contribution is 6.05. The van der Waals surface area contributed by atoms with Gasteiger partial charge in [-0.05, 0) is 55.3 Å². The quantitative estimate of drug-likeness (QED) is 0.362. The zero-order valence-electron chi connectivity index (χ0n) is 20.2. The molecule has 1 fully saturated rings. The first kappa shape index (κ1) is 24.1. The molecule has 8 nitrogen and oxygen atoms in total. The van der Waals surface area contributed by atoms with Gasteiger partial charge in [-0.25, -0.2) is 4.68 Å². The Morgan fingerprint density at radius 2 is 1.81 bits per heavy atom. The smallest absolute Gasteiger partial charge is 0.267 e. The second-order valence-electron chi connectivity index (χ2n) is 8.68. The van der Waals surface area contributed by atoms with Crippen molar-refractivity contribution >= 4 is 17.9 Å². The topological polar surface area (TPSA) is 98.1 Å². The van der Waals surface area contributed by atoms with Gasteiger partial charge in [0.15, 0.2) is 0 Å². The van der Waals surface area contributed by atoms with Crippen LogP contribution in [0, 0.1) is 0 Å². The molecule has 5 rings (SSSR count). The van der Waals surface area contributed by atoms with Gasteiger partial charge in [-0.3, -0.25) is 14.6 Å². The van der Waals surface area contributed by atoms with Crippen molar-refractivity contribution in [3.8, 4) is 16.9 Å². The van der Waals surface area contributed by atoms with Crippen molar-refractivity contribution in [1.29, 1.82) is 0 Å². The molecule has 3 heterocycles. The summed E-state index contributed by atoms with van der Waals surface area (Å²) in [6, 6.07) is 22.2. The van der Waals surface area contributed by atoms with Gasteiger partial charge < -0.3 is 15.4 Å². The molecule has 2 amide bonds. The van der Waals surface area contributed by atoms with Crippen molar-refractivity contribution in [1.82, 2.24) is 25.4 Å². The monoisotopic (exact) mass is 493 g/mol. The number of ether oxygens (including phenoxy) is 1. The summed E-state index contributed by atoms with van der Waals surface area (Å²) in [5, 5.41) is 10.5. The molecule has 0 saturated carbocycles. The molecule has 1 atom stereocenters. The summed E-state index contributed by atoms with van der Waals surface area (Å²) in [4.78, 5) is 30.5. The van der Waals surface area contributed by atoms with Crippen molar-refractivity contribution < 1.29 is 14.3 Å². The minimum Gasteiger partial charge on any atom is -0.376 e. The first-order chi connectivity index (χ1) is 18.2. The molecule has 37 heavy (non-hydrogen) atoms. The number of hydrogen-bond donors (Lipinski definition) is 2. The number of carbonyl (C=O) groups excluding carboxylic acids is 2. The molecule has 0 spiro atoms. The average molecular weight is 494 g/mol. The number of nitrogens with one attached hydrogen (secondary N) is 2. The van der Waals surface area contributed by atoms with E-state index in [2.05, 4.69) is 15.6 Å². The minimum atomic E-state index is -0.399. The van der Waals surface area contributed by atoms with Crippen molar-refractivity contribution in [2.24, 2.45) is 0 Å². The standard InChI is InChI=1S/C29H27N5O3/c35-28(21-9-3-1-4-10-21)32-26(29(36)31-19-25-14-8-16-37-25)17-23-20-34(24-12-5-2-6-13-24)33-27(23)22-11-7-15-30-18-22/h1-7,9-13,15,17-18,20,25H,8,14,16,19H2,(H,31,36)(H,32,35). The summed E-state index contributed by atoms with van der Waals surface area (Å²) in [7, 11) is 0. The van der Waals surface area contributed by atoms with E-state index < -0.39 is 5.91 Å². The number of hydrogen-bond acceptors (Lipinski definition) is 5. The Balaban J connectivity index is 1.52. The van der Waals surface area contributed by atoms with E-state index in [1.807, 2.05) is 54.7 Å². The van der Waals surface area contributed by atoms with Crippen molar-refractivity contribution in [3.05, 3.63) is 108 Å². The number of nitrogens with zero attached hydrogens (tertiary/aromatic N) is 3. The molecule has 1 aliphatic heterocycles. The van der Waals surface area contributed by atoms with Crippen LogP contribution in [0.2, 0.25) is 0 Å². The van der Waals surface area contributed by atoms with Crippen LogP contribution in [0.3, 0.4) is 0 Å². The van der Waals surface area contributed by atoms with E-state index in [0.717, 1.165) is 24.1 Å². The van der Waals surface area contributed by atoms with Crippen LogP contribution in [-0.4, -0.2) is 45.8 Å². The molecule has 2 N–H and O–H groups in total. The fourth-order valence-corrected chi connectivity index (χ4v) is 4.14. The maximum Gasteiger partial charge on any atom is 0.267 e. The first-order valence-corrected chi connectivity index (χ1v) is 12.2. The molecule has 1 aliphatic rings. The second kappa shape index (κ2) is 11.5. The fourth-order valence-electron chi connectivity index (χ4n) is 4.14. The van der Waals surface area contributed by atoms with E-state index in [9.17, 15) is 9.59 Å². The summed E-state index contributed by atoms with van der Waals surface area (Å²) in [6.45, 7) is 1.07. The van der Waals surface area contributed by atoms with Crippen molar-refractivity contribution in [2.75, 3.05) is 13.2 Å². The summed E-state index contributed by atoms with van der Waals surface area (Å²) < 4.78 is 7.38. The normalized spacial score (nSPS) is 15.4. The minimum absolute atomic E-state index is 0.0261. The van der Waals surface area contributed by atoms with E-state index in [4.69, 9.17) is 9.84 Å². The maximum absolute atomic E-state index is 13.3. The molecule has 1 saturated heterocycles. The van der Waals surface area contributed by atoms with E-state index in [1.165, 1.54) is 0 Å². The Morgan fingerprint density at radius 3 is 2.51 bits per heavy atom. The zero-order chi connectivity index (χ0) is 25.5. The predicted octanol–water partition coefficient (Wildman–Crippen LogP) is 4.00. The third kappa shape index (κ3) is 5.99. The molecule has 2 aromatic carbocycles. The molecule has 1 unspecified atom stereocenters. The second-order valence-corrected chi connectivity index (χ2v) is 8.68. The lowest BCUT2D eigenvalue weighted by Crippen LogP contribution is -2.38. The van der Waals surface area contributed by atoms with E-state index >= 15 is 0 Å². The summed E-state index contributed by atoms with van der Waals surface area (Å²) in [5.74, 6) is -0.776. The molecule has 186 valence electrons. The Hall–Kier alpha value is -4.56. The Bertz CT molecular complexity index is 1380. The molecule has 2 aromatic heterocycles. The number of pyridine rings is 1. The van der Waals surface area contributed by atoms with Gasteiger partial charge in [0.2, 0.25) is 0 Å². The molecule has 8 heteroatoms. The van der Waals surface area contributed by atoms with Crippen LogP contribution >= 0.6 is 0 Å². The van der Waals surface area contributed by atoms with Crippen LogP contribution in [0.25, 0.3) is 23.0 Å². The fraction of sp³-hybridized carbons (Fsp3) is 0.172. The highest BCUT2D eigenvalue weighted by Gasteiger charge is 2.21. The molecular weight excluding hydrogens is 466 g/mol. The number of benzene rings is 2. The molecule has 0 bridgehead atoms. The Morgan fingerprint density at radius 1 is 1.03 bits per heavy atom. The third-order valence-corrected chi connectivity index (χ3v) is 6.04. The summed E-state index contributed by atoms with van der Waals surface area (Å²) in [6.07, 6.45) is 8.74. The lowest BCUT2D eigenvalue weighted by Gasteiger charge is -2.14. The van der Waals surface area contributed by atoms with E-state index in [1.54, 1.807) is 47.4 Å². The number of rotatable bonds is 8. The van der Waals surface area contributed by atoms with Crippen LogP contribution < -0.4 is 10.6 Å². The van der Waals surface area contributed by atoms with Gasteiger partial charge >= 0.3 is 0 Å². The van der Waals surface area contributed by atoms with Gasteiger partial charge in [-0.15, -0.1) is 0 Å². The largest absolute Gasteiger partial charge is 0.376 e. The Labute approximate surface area is 215 Å². The summed E-state index contributed by atoms with van der Waals surface area (Å²) in [5.41, 5.74) is 3.52. The zero-order valence-corrected chi connectivity index (χ0v) is 20.2. The van der Waals surface area contributed by atoms with Gasteiger partial charge in [0.1, 0.15) is 11.4 Å². The first-order valence-electron chi connectivity index (χ1n) is 12.2. The van der Waals surface area contributed by atoms with Gasteiger partial charge in [0.25, 0.3) is 11.8 Å². The van der Waals surface area contributed by atoms with Gasteiger partial charge in [0, 0.05) is 48.4 Å². The average Bonchev–Trinajstić information content (AvgIpc) is 3.63. The maximum atomic E-state index is 13.3. The van der Waals surface area contributed by atoms with Crippen LogP contribution in [0.1, 0.15) is 28.8 Å². The van der Waals surface area contributed by atoms with E-state index in [-0.39, 0.29) is 17.7 Å². The lowest BCUT2D eigenvalue weighted by atomic mass is 10.1. The SMILES string of the molecule is O=C(NCC1CCCO1)C(=Cc1cn(-c2ccccc2)nc1-c1cccnc1)NC(=O)c1ccccc1. The molecule has 0 aliphatic carbocycles. The van der Waals surface area contributed by atoms with Crippen LogP contribution in [0.4, 0.5) is 0 Å². The van der Waals surface area contributed by atoms with Crippen molar-refractivity contribution in [3.63, 3.8) is 0 Å². The van der Waals surface area contributed by atoms with Gasteiger partial charge in [-0.2, -0.15) is 5.10 Å². The van der Waals surface area contributed by atoms with E-state index in [0.29, 0.717) is 30.0 Å². The van der Waals surface area contributed by atoms with Crippen LogP contribution in [-0.2, 0) is 9.53 Å². The number of para-hydroxylation sites is 1. The highest BCUT2D eigenvalue weighted by atomic mass is 16.5. The molecule has 4 aromatic rings. The van der Waals surface area contributed by atoms with Crippen LogP contribution in [0.5, 0.6) is 0 Å². The number of carbonyl (C=O) groups is 2. The van der Waals surface area contributed by atoms with Gasteiger partial charge in [-0.1, -0.05) is 36.4 Å². The molecular formula is C29H27N5O3. The van der Waals surface area contributed by atoms with Crippen LogP contribution in [0.15, 0.2) is 97.1 Å². The lowest BCUT2D eigenvalue weighted by molar-refractivity contribution is -0.118. The number of amides is 2. The predicted molar refractivity (Wildman–Crippen MR) is 141 cm³/mol.